The molecule has 2 aromatic rings. The molecule has 5 nitrogen and oxygen atoms in total. The zero-order valence-electron chi connectivity index (χ0n) is 14.6. The Bertz CT molecular complexity index is 675. The number of halogens is 1. The highest BCUT2D eigenvalue weighted by molar-refractivity contribution is 5.94. The highest BCUT2D eigenvalue weighted by Gasteiger charge is 2.07. The molecule has 25 heavy (non-hydrogen) atoms. The Labute approximate surface area is 147 Å². The van der Waals surface area contributed by atoms with Crippen LogP contribution in [0.5, 0.6) is 0 Å². The van der Waals surface area contributed by atoms with Crippen LogP contribution in [0.15, 0.2) is 42.6 Å². The van der Waals surface area contributed by atoms with Crippen LogP contribution in [0.4, 0.5) is 4.39 Å². The lowest BCUT2D eigenvalue weighted by Gasteiger charge is -2.09. The van der Waals surface area contributed by atoms with Crippen molar-refractivity contribution in [3.8, 4) is 11.3 Å². The van der Waals surface area contributed by atoms with Crippen LogP contribution in [-0.4, -0.2) is 43.2 Å². The van der Waals surface area contributed by atoms with Gasteiger partial charge in [0.15, 0.2) is 0 Å². The molecule has 0 bridgehead atoms. The average molecular weight is 345 g/mol. The molecular formula is C19H24FN3O2. The number of rotatable bonds is 9. The van der Waals surface area contributed by atoms with Crippen LogP contribution in [0, 0.1) is 5.82 Å². The lowest BCUT2D eigenvalue weighted by molar-refractivity contribution is 0.0809. The highest BCUT2D eigenvalue weighted by atomic mass is 19.1. The van der Waals surface area contributed by atoms with Crippen LogP contribution in [0.1, 0.15) is 24.2 Å². The molecule has 0 saturated heterocycles. The largest absolute Gasteiger partial charge is 0.377 e. The van der Waals surface area contributed by atoms with Gasteiger partial charge in [0.05, 0.1) is 24.0 Å². The second-order valence-electron chi connectivity index (χ2n) is 5.87. The molecular weight excluding hydrogens is 321 g/mol. The van der Waals surface area contributed by atoms with Crippen LogP contribution >= 0.6 is 0 Å². The van der Waals surface area contributed by atoms with Crippen molar-refractivity contribution in [1.29, 1.82) is 0 Å². The van der Waals surface area contributed by atoms with Gasteiger partial charge in [0.2, 0.25) is 0 Å². The van der Waals surface area contributed by atoms with Gasteiger partial charge >= 0.3 is 0 Å². The minimum Gasteiger partial charge on any atom is -0.377 e. The molecule has 0 aliphatic carbocycles. The first-order valence-corrected chi connectivity index (χ1v) is 8.39. The van der Waals surface area contributed by atoms with Gasteiger partial charge < -0.3 is 15.4 Å². The Morgan fingerprint density at radius 3 is 2.72 bits per heavy atom. The molecule has 0 unspecified atom stereocenters. The van der Waals surface area contributed by atoms with Gasteiger partial charge in [0.1, 0.15) is 5.82 Å². The Morgan fingerprint density at radius 1 is 1.20 bits per heavy atom. The molecule has 1 aromatic carbocycles. The van der Waals surface area contributed by atoms with E-state index in [0.717, 1.165) is 6.54 Å². The molecule has 0 spiro atoms. The molecule has 0 radical (unpaired) electrons. The third-order valence-corrected chi connectivity index (χ3v) is 3.46. The van der Waals surface area contributed by atoms with Gasteiger partial charge in [0, 0.05) is 31.4 Å². The molecule has 0 atom stereocenters. The molecule has 0 aliphatic rings. The number of nitrogens with zero attached hydrogens (tertiary/aromatic N) is 1. The van der Waals surface area contributed by atoms with Crippen molar-refractivity contribution >= 4 is 5.91 Å². The summed E-state index contributed by atoms with van der Waals surface area (Å²) in [4.78, 5) is 16.3. The third-order valence-electron chi connectivity index (χ3n) is 3.46. The maximum absolute atomic E-state index is 13.2. The first-order valence-electron chi connectivity index (χ1n) is 8.39. The van der Waals surface area contributed by atoms with Gasteiger partial charge in [-0.1, -0.05) is 12.1 Å². The minimum atomic E-state index is -0.313. The predicted octanol–water partition coefficient (Wildman–Crippen LogP) is 2.63. The van der Waals surface area contributed by atoms with Gasteiger partial charge in [-0.25, -0.2) is 4.39 Å². The van der Waals surface area contributed by atoms with Gasteiger partial charge in [-0.3, -0.25) is 9.78 Å². The number of amides is 1. The van der Waals surface area contributed by atoms with Crippen molar-refractivity contribution < 1.29 is 13.9 Å². The number of carbonyl (C=O) groups excluding carboxylic acids is 1. The maximum atomic E-state index is 13.2. The fourth-order valence-corrected chi connectivity index (χ4v) is 2.21. The normalized spacial score (nSPS) is 10.9. The minimum absolute atomic E-state index is 0.182. The quantitative estimate of drug-likeness (QED) is 0.686. The van der Waals surface area contributed by atoms with E-state index in [2.05, 4.69) is 15.6 Å². The van der Waals surface area contributed by atoms with Crippen molar-refractivity contribution in [1.82, 2.24) is 15.6 Å². The molecule has 1 aromatic heterocycles. The number of aromatic nitrogens is 1. The predicted molar refractivity (Wildman–Crippen MR) is 95.9 cm³/mol. The summed E-state index contributed by atoms with van der Waals surface area (Å²) >= 11 is 0. The summed E-state index contributed by atoms with van der Waals surface area (Å²) < 4.78 is 18.7. The third kappa shape index (κ3) is 6.60. The number of carbonyl (C=O) groups is 1. The number of ether oxygens (including phenoxy) is 1. The van der Waals surface area contributed by atoms with Crippen LogP contribution in [0.25, 0.3) is 11.3 Å². The second kappa shape index (κ2) is 9.86. The monoisotopic (exact) mass is 345 g/mol. The van der Waals surface area contributed by atoms with Crippen LogP contribution in [0.2, 0.25) is 0 Å². The van der Waals surface area contributed by atoms with E-state index in [1.807, 2.05) is 13.8 Å². The average Bonchev–Trinajstić information content (AvgIpc) is 2.60. The Hall–Kier alpha value is -2.31. The molecule has 1 heterocycles. The second-order valence-corrected chi connectivity index (χ2v) is 5.87. The number of nitrogens with one attached hydrogen (secondary N) is 2. The van der Waals surface area contributed by atoms with Crippen molar-refractivity contribution in [2.75, 3.05) is 26.2 Å². The summed E-state index contributed by atoms with van der Waals surface area (Å²) in [5.41, 5.74) is 1.78. The number of hydrogen-bond acceptors (Lipinski definition) is 4. The van der Waals surface area contributed by atoms with Gasteiger partial charge in [-0.15, -0.1) is 0 Å². The Morgan fingerprint density at radius 2 is 2.04 bits per heavy atom. The summed E-state index contributed by atoms with van der Waals surface area (Å²) in [6, 6.07) is 9.61. The van der Waals surface area contributed by atoms with Crippen LogP contribution < -0.4 is 10.6 Å². The zero-order chi connectivity index (χ0) is 18.1. The summed E-state index contributed by atoms with van der Waals surface area (Å²) in [5, 5.41) is 6.02. The maximum Gasteiger partial charge on any atom is 0.252 e. The van der Waals surface area contributed by atoms with E-state index in [1.54, 1.807) is 24.3 Å². The molecule has 0 saturated carbocycles. The van der Waals surface area contributed by atoms with E-state index in [9.17, 15) is 9.18 Å². The van der Waals surface area contributed by atoms with Crippen molar-refractivity contribution in [2.45, 2.75) is 20.0 Å². The topological polar surface area (TPSA) is 63.2 Å². The van der Waals surface area contributed by atoms with Crippen LogP contribution in [-0.2, 0) is 4.74 Å². The Balaban J connectivity index is 1.75. The molecule has 0 aliphatic heterocycles. The van der Waals surface area contributed by atoms with Crippen LogP contribution in [0.3, 0.4) is 0 Å². The van der Waals surface area contributed by atoms with Gasteiger partial charge in [-0.2, -0.15) is 0 Å². The molecule has 0 fully saturated rings. The molecule has 1 amide bonds. The fraction of sp³-hybridized carbons (Fsp3) is 0.368. The summed E-state index contributed by atoms with van der Waals surface area (Å²) in [7, 11) is 0. The molecule has 6 heteroatoms. The SMILES string of the molecule is CC(C)OCCNCCNC(=O)c1ccc(-c2cccc(F)c2)nc1. The Kier molecular flexibility index (Phi) is 7.50. The summed E-state index contributed by atoms with van der Waals surface area (Å²) in [6.45, 7) is 6.57. The molecule has 2 N–H and O–H groups in total. The lowest BCUT2D eigenvalue weighted by Crippen LogP contribution is -2.33. The van der Waals surface area contributed by atoms with Crippen molar-refractivity contribution in [3.63, 3.8) is 0 Å². The first kappa shape index (κ1) is 19.0. The van der Waals surface area contributed by atoms with E-state index in [0.29, 0.717) is 36.5 Å². The summed E-state index contributed by atoms with van der Waals surface area (Å²) in [6.07, 6.45) is 1.73. The zero-order valence-corrected chi connectivity index (χ0v) is 14.6. The molecule has 2 rings (SSSR count). The fourth-order valence-electron chi connectivity index (χ4n) is 2.21. The van der Waals surface area contributed by atoms with E-state index >= 15 is 0 Å². The number of pyridine rings is 1. The molecule has 134 valence electrons. The summed E-state index contributed by atoms with van der Waals surface area (Å²) in [5.74, 6) is -0.495. The van der Waals surface area contributed by atoms with Crippen molar-refractivity contribution in [3.05, 3.63) is 54.0 Å². The standard InChI is InChI=1S/C19H24FN3O2/c1-14(2)25-11-10-21-8-9-22-19(24)16-6-7-18(23-13-16)15-4-3-5-17(20)12-15/h3-7,12-14,21H,8-11H2,1-2H3,(H,22,24). The lowest BCUT2D eigenvalue weighted by atomic mass is 10.1. The highest BCUT2D eigenvalue weighted by Crippen LogP contribution is 2.17. The van der Waals surface area contributed by atoms with E-state index in [1.165, 1.54) is 18.3 Å². The number of benzene rings is 1. The van der Waals surface area contributed by atoms with Gasteiger partial charge in [0.25, 0.3) is 5.91 Å². The van der Waals surface area contributed by atoms with E-state index < -0.39 is 0 Å². The first-order chi connectivity index (χ1) is 12.1. The van der Waals surface area contributed by atoms with Crippen molar-refractivity contribution in [2.24, 2.45) is 0 Å². The van der Waals surface area contributed by atoms with Gasteiger partial charge in [-0.05, 0) is 38.1 Å². The number of hydrogen-bond donors (Lipinski definition) is 2. The van der Waals surface area contributed by atoms with E-state index in [-0.39, 0.29) is 17.8 Å². The van der Waals surface area contributed by atoms with E-state index in [4.69, 9.17) is 4.74 Å². The smallest absolute Gasteiger partial charge is 0.252 e.